The SMILES string of the molecule is CCc1ccc(C(N)c2ccc3[nH]c(=O)c(=O)[nH]c3c2)o1. The first-order valence-electron chi connectivity index (χ1n) is 6.69. The average molecular weight is 285 g/mol. The quantitative estimate of drug-likeness (QED) is 0.633. The standard InChI is InChI=1S/C15H15N3O3/c1-2-9-4-6-12(21-9)13(16)8-3-5-10-11(7-8)18-15(20)14(19)17-10/h3-7,13H,2,16H2,1H3,(H,17,19)(H,18,20). The number of aromatic amines is 2. The zero-order valence-corrected chi connectivity index (χ0v) is 11.5. The van der Waals surface area contributed by atoms with Crippen molar-refractivity contribution in [2.24, 2.45) is 5.73 Å². The number of nitrogens with two attached hydrogens (primary N) is 1. The molecular formula is C15H15N3O3. The van der Waals surface area contributed by atoms with Gasteiger partial charge in [-0.25, -0.2) is 0 Å². The van der Waals surface area contributed by atoms with Crippen LogP contribution in [0.1, 0.15) is 30.0 Å². The van der Waals surface area contributed by atoms with Gasteiger partial charge in [0.15, 0.2) is 0 Å². The molecule has 3 aromatic rings. The monoisotopic (exact) mass is 285 g/mol. The number of fused-ring (bicyclic) bond motifs is 1. The zero-order chi connectivity index (χ0) is 15.0. The molecule has 0 aliphatic heterocycles. The molecule has 3 rings (SSSR count). The Bertz CT molecular complexity index is 904. The van der Waals surface area contributed by atoms with Gasteiger partial charge < -0.3 is 20.1 Å². The van der Waals surface area contributed by atoms with Gasteiger partial charge >= 0.3 is 11.1 Å². The van der Waals surface area contributed by atoms with Gasteiger partial charge in [0.25, 0.3) is 0 Å². The van der Waals surface area contributed by atoms with Crippen molar-refractivity contribution in [3.63, 3.8) is 0 Å². The second kappa shape index (κ2) is 5.06. The Morgan fingerprint density at radius 2 is 1.81 bits per heavy atom. The number of benzene rings is 1. The number of furan rings is 1. The maximum atomic E-state index is 11.4. The fourth-order valence-electron chi connectivity index (χ4n) is 2.24. The fraction of sp³-hybridized carbons (Fsp3) is 0.200. The Kier molecular flexibility index (Phi) is 3.23. The summed E-state index contributed by atoms with van der Waals surface area (Å²) in [5.41, 5.74) is 6.73. The molecule has 0 aliphatic carbocycles. The minimum absolute atomic E-state index is 0.426. The first kappa shape index (κ1) is 13.4. The van der Waals surface area contributed by atoms with Crippen LogP contribution in [0.4, 0.5) is 0 Å². The van der Waals surface area contributed by atoms with Crippen LogP contribution in [-0.4, -0.2) is 9.97 Å². The Labute approximate surface area is 119 Å². The van der Waals surface area contributed by atoms with Crippen LogP contribution in [-0.2, 0) is 6.42 Å². The largest absolute Gasteiger partial charge is 0.464 e. The molecule has 1 unspecified atom stereocenters. The predicted molar refractivity (Wildman–Crippen MR) is 79.3 cm³/mol. The molecular weight excluding hydrogens is 270 g/mol. The van der Waals surface area contributed by atoms with Gasteiger partial charge in [-0.05, 0) is 29.8 Å². The summed E-state index contributed by atoms with van der Waals surface area (Å²) in [6.45, 7) is 2.01. The summed E-state index contributed by atoms with van der Waals surface area (Å²) in [4.78, 5) is 27.7. The van der Waals surface area contributed by atoms with Crippen LogP contribution in [0.3, 0.4) is 0 Å². The maximum Gasteiger partial charge on any atom is 0.314 e. The maximum absolute atomic E-state index is 11.4. The number of hydrogen-bond acceptors (Lipinski definition) is 4. The van der Waals surface area contributed by atoms with Gasteiger partial charge in [0.2, 0.25) is 0 Å². The molecule has 0 radical (unpaired) electrons. The van der Waals surface area contributed by atoms with E-state index in [0.717, 1.165) is 17.7 Å². The average Bonchev–Trinajstić information content (AvgIpc) is 2.96. The van der Waals surface area contributed by atoms with E-state index in [1.165, 1.54) is 0 Å². The van der Waals surface area contributed by atoms with Gasteiger partial charge in [0, 0.05) is 6.42 Å². The molecule has 0 saturated heterocycles. The smallest absolute Gasteiger partial charge is 0.314 e. The lowest BCUT2D eigenvalue weighted by atomic mass is 10.0. The molecule has 6 nitrogen and oxygen atoms in total. The van der Waals surface area contributed by atoms with Crippen molar-refractivity contribution in [1.82, 2.24) is 9.97 Å². The highest BCUT2D eigenvalue weighted by Gasteiger charge is 2.14. The third-order valence-corrected chi connectivity index (χ3v) is 3.44. The first-order valence-corrected chi connectivity index (χ1v) is 6.69. The minimum Gasteiger partial charge on any atom is -0.464 e. The lowest BCUT2D eigenvalue weighted by Crippen LogP contribution is -2.29. The first-order chi connectivity index (χ1) is 10.1. The second-order valence-corrected chi connectivity index (χ2v) is 4.85. The fourth-order valence-corrected chi connectivity index (χ4v) is 2.24. The molecule has 0 bridgehead atoms. The Hall–Kier alpha value is -2.60. The highest BCUT2D eigenvalue weighted by molar-refractivity contribution is 5.74. The van der Waals surface area contributed by atoms with Crippen LogP contribution in [0.5, 0.6) is 0 Å². The molecule has 2 heterocycles. The summed E-state index contributed by atoms with van der Waals surface area (Å²) in [7, 11) is 0. The number of hydrogen-bond donors (Lipinski definition) is 3. The summed E-state index contributed by atoms with van der Waals surface area (Å²) < 4.78 is 5.65. The van der Waals surface area contributed by atoms with E-state index in [0.29, 0.717) is 16.8 Å². The van der Waals surface area contributed by atoms with Crippen LogP contribution >= 0.6 is 0 Å². The van der Waals surface area contributed by atoms with E-state index in [1.807, 2.05) is 19.1 Å². The summed E-state index contributed by atoms with van der Waals surface area (Å²) in [5, 5.41) is 0. The number of aromatic nitrogens is 2. The third kappa shape index (κ3) is 2.41. The molecule has 0 fully saturated rings. The Morgan fingerprint density at radius 1 is 1.10 bits per heavy atom. The molecule has 0 spiro atoms. The van der Waals surface area contributed by atoms with Crippen molar-refractivity contribution in [2.45, 2.75) is 19.4 Å². The molecule has 0 aliphatic rings. The van der Waals surface area contributed by atoms with Crippen molar-refractivity contribution >= 4 is 11.0 Å². The lowest BCUT2D eigenvalue weighted by Gasteiger charge is -2.10. The second-order valence-electron chi connectivity index (χ2n) is 4.85. The van der Waals surface area contributed by atoms with E-state index in [1.54, 1.807) is 18.2 Å². The highest BCUT2D eigenvalue weighted by Crippen LogP contribution is 2.23. The summed E-state index contributed by atoms with van der Waals surface area (Å²) in [6.07, 6.45) is 0.805. The molecule has 0 amide bonds. The number of H-pyrrole nitrogens is 2. The number of aryl methyl sites for hydroxylation is 1. The van der Waals surface area contributed by atoms with E-state index in [-0.39, 0.29) is 0 Å². The Balaban J connectivity index is 2.05. The van der Waals surface area contributed by atoms with Crippen LogP contribution in [0, 0.1) is 0 Å². The molecule has 1 atom stereocenters. The summed E-state index contributed by atoms with van der Waals surface area (Å²) in [5.74, 6) is 1.54. The zero-order valence-electron chi connectivity index (χ0n) is 11.5. The van der Waals surface area contributed by atoms with E-state index in [9.17, 15) is 9.59 Å². The van der Waals surface area contributed by atoms with Crippen LogP contribution in [0.15, 0.2) is 44.3 Å². The van der Waals surface area contributed by atoms with Crippen molar-refractivity contribution in [3.8, 4) is 0 Å². The van der Waals surface area contributed by atoms with Crippen molar-refractivity contribution in [1.29, 1.82) is 0 Å². The van der Waals surface area contributed by atoms with E-state index >= 15 is 0 Å². The number of nitrogens with one attached hydrogen (secondary N) is 2. The van der Waals surface area contributed by atoms with Gasteiger partial charge in [0.1, 0.15) is 11.5 Å². The third-order valence-electron chi connectivity index (χ3n) is 3.44. The molecule has 0 saturated carbocycles. The van der Waals surface area contributed by atoms with E-state index in [4.69, 9.17) is 10.2 Å². The van der Waals surface area contributed by atoms with Crippen LogP contribution in [0.2, 0.25) is 0 Å². The normalized spacial score (nSPS) is 12.7. The van der Waals surface area contributed by atoms with Crippen molar-refractivity contribution in [3.05, 3.63) is 68.1 Å². The van der Waals surface area contributed by atoms with Crippen LogP contribution < -0.4 is 16.9 Å². The van der Waals surface area contributed by atoms with Crippen molar-refractivity contribution < 1.29 is 4.42 Å². The van der Waals surface area contributed by atoms with E-state index in [2.05, 4.69) is 9.97 Å². The van der Waals surface area contributed by atoms with Gasteiger partial charge in [-0.15, -0.1) is 0 Å². The highest BCUT2D eigenvalue weighted by atomic mass is 16.3. The molecule has 2 aromatic heterocycles. The molecule has 4 N–H and O–H groups in total. The van der Waals surface area contributed by atoms with E-state index < -0.39 is 17.2 Å². The number of rotatable bonds is 3. The summed E-state index contributed by atoms with van der Waals surface area (Å²) >= 11 is 0. The molecule has 6 heteroatoms. The molecule has 21 heavy (non-hydrogen) atoms. The lowest BCUT2D eigenvalue weighted by molar-refractivity contribution is 0.454. The van der Waals surface area contributed by atoms with Gasteiger partial charge in [-0.1, -0.05) is 13.0 Å². The molecule has 108 valence electrons. The van der Waals surface area contributed by atoms with Gasteiger partial charge in [-0.2, -0.15) is 0 Å². The van der Waals surface area contributed by atoms with Crippen LogP contribution in [0.25, 0.3) is 11.0 Å². The van der Waals surface area contributed by atoms with Gasteiger partial charge in [0.05, 0.1) is 17.1 Å². The van der Waals surface area contributed by atoms with Gasteiger partial charge in [-0.3, -0.25) is 9.59 Å². The Morgan fingerprint density at radius 3 is 2.48 bits per heavy atom. The summed E-state index contributed by atoms with van der Waals surface area (Å²) in [6, 6.07) is 8.58. The topological polar surface area (TPSA) is 105 Å². The molecule has 1 aromatic carbocycles. The minimum atomic E-state index is -0.681. The predicted octanol–water partition coefficient (Wildman–Crippen LogP) is 1.42. The van der Waals surface area contributed by atoms with Crippen molar-refractivity contribution in [2.75, 3.05) is 0 Å².